The second-order valence-electron chi connectivity index (χ2n) is 4.15. The molecule has 0 aliphatic carbocycles. The van der Waals surface area contributed by atoms with Crippen molar-refractivity contribution in [2.75, 3.05) is 44.7 Å². The number of H-pyrrole nitrogens is 2. The minimum atomic E-state index is -0.680. The first-order valence-corrected chi connectivity index (χ1v) is 6.01. The summed E-state index contributed by atoms with van der Waals surface area (Å²) in [4.78, 5) is 29.2. The van der Waals surface area contributed by atoms with E-state index in [2.05, 4.69) is 15.2 Å². The van der Waals surface area contributed by atoms with Gasteiger partial charge in [-0.15, -0.1) is 0 Å². The normalized spacial score (nSPS) is 15.9. The Morgan fingerprint density at radius 2 is 2.05 bits per heavy atom. The van der Waals surface area contributed by atoms with Gasteiger partial charge in [0.15, 0.2) is 5.56 Å². The third-order valence-electron chi connectivity index (χ3n) is 2.89. The fourth-order valence-electron chi connectivity index (χ4n) is 1.89. The molecule has 0 atom stereocenters. The van der Waals surface area contributed by atoms with Gasteiger partial charge in [-0.3, -0.25) is 19.7 Å². The molecular weight excluding hydrogens is 250 g/mol. The number of hydrogen-bond donors (Lipinski definition) is 3. The highest BCUT2D eigenvalue weighted by molar-refractivity contribution is 5.49. The average Bonchev–Trinajstić information content (AvgIpc) is 2.39. The van der Waals surface area contributed by atoms with Gasteiger partial charge in [0, 0.05) is 26.2 Å². The van der Waals surface area contributed by atoms with Crippen LogP contribution in [0.5, 0.6) is 0 Å². The lowest BCUT2D eigenvalue weighted by Crippen LogP contribution is -2.39. The van der Waals surface area contributed by atoms with Crippen LogP contribution in [0.25, 0.3) is 0 Å². The molecule has 0 unspecified atom stereocenters. The minimum Gasteiger partial charge on any atom is -0.379 e. The molecule has 0 spiro atoms. The number of nitriles is 1. The summed E-state index contributed by atoms with van der Waals surface area (Å²) in [6.07, 6.45) is 0. The van der Waals surface area contributed by atoms with Crippen molar-refractivity contribution in [1.82, 2.24) is 14.9 Å². The Bertz CT molecular complexity index is 579. The molecule has 8 heteroatoms. The number of hydrogen-bond acceptors (Lipinski definition) is 6. The van der Waals surface area contributed by atoms with E-state index in [9.17, 15) is 9.59 Å². The smallest absolute Gasteiger partial charge is 0.327 e. The van der Waals surface area contributed by atoms with Crippen LogP contribution in [-0.4, -0.2) is 54.3 Å². The number of aromatic nitrogens is 2. The van der Waals surface area contributed by atoms with Crippen molar-refractivity contribution < 1.29 is 4.74 Å². The molecule has 1 aromatic rings. The number of aromatic amines is 2. The summed E-state index contributed by atoms with van der Waals surface area (Å²) in [6, 6.07) is 1.77. The molecule has 0 bridgehead atoms. The molecule has 2 heterocycles. The minimum absolute atomic E-state index is 0.110. The van der Waals surface area contributed by atoms with Crippen molar-refractivity contribution in [3.8, 4) is 6.07 Å². The number of nitrogens with one attached hydrogen (secondary N) is 3. The van der Waals surface area contributed by atoms with Gasteiger partial charge in [-0.2, -0.15) is 5.26 Å². The SMILES string of the molecule is N#Cc1c(NCCN2CCOCC2)[nH]c(=O)[nH]c1=O. The molecule has 1 fully saturated rings. The number of morpholine rings is 1. The lowest BCUT2D eigenvalue weighted by atomic mass is 10.3. The fraction of sp³-hybridized carbons (Fsp3) is 0.545. The number of anilines is 1. The zero-order valence-electron chi connectivity index (χ0n) is 10.4. The Hall–Kier alpha value is -2.11. The zero-order chi connectivity index (χ0) is 13.7. The quantitative estimate of drug-likeness (QED) is 0.622. The van der Waals surface area contributed by atoms with Gasteiger partial charge in [-0.05, 0) is 0 Å². The highest BCUT2D eigenvalue weighted by atomic mass is 16.5. The van der Waals surface area contributed by atoms with E-state index in [0.717, 1.165) is 19.6 Å². The van der Waals surface area contributed by atoms with Crippen LogP contribution in [0.2, 0.25) is 0 Å². The maximum absolute atomic E-state index is 11.4. The van der Waals surface area contributed by atoms with E-state index in [-0.39, 0.29) is 11.4 Å². The molecule has 3 N–H and O–H groups in total. The molecule has 0 aromatic carbocycles. The van der Waals surface area contributed by atoms with Crippen molar-refractivity contribution >= 4 is 5.82 Å². The van der Waals surface area contributed by atoms with E-state index >= 15 is 0 Å². The number of rotatable bonds is 4. The van der Waals surface area contributed by atoms with Gasteiger partial charge < -0.3 is 10.1 Å². The van der Waals surface area contributed by atoms with E-state index in [1.165, 1.54) is 0 Å². The van der Waals surface area contributed by atoms with Crippen LogP contribution in [0.1, 0.15) is 5.56 Å². The Morgan fingerprint density at radius 1 is 1.32 bits per heavy atom. The van der Waals surface area contributed by atoms with Gasteiger partial charge in [0.2, 0.25) is 0 Å². The van der Waals surface area contributed by atoms with Crippen LogP contribution in [0.4, 0.5) is 5.82 Å². The van der Waals surface area contributed by atoms with E-state index in [1.54, 1.807) is 6.07 Å². The fourth-order valence-corrected chi connectivity index (χ4v) is 1.89. The van der Waals surface area contributed by atoms with Crippen molar-refractivity contribution in [3.63, 3.8) is 0 Å². The maximum Gasteiger partial charge on any atom is 0.327 e. The monoisotopic (exact) mass is 265 g/mol. The molecule has 8 nitrogen and oxygen atoms in total. The highest BCUT2D eigenvalue weighted by Gasteiger charge is 2.11. The van der Waals surface area contributed by atoms with E-state index in [4.69, 9.17) is 10.00 Å². The van der Waals surface area contributed by atoms with E-state index in [0.29, 0.717) is 19.8 Å². The molecule has 0 amide bonds. The van der Waals surface area contributed by atoms with Gasteiger partial charge >= 0.3 is 5.69 Å². The average molecular weight is 265 g/mol. The predicted octanol–water partition coefficient (Wildman–Crippen LogP) is -1.32. The Labute approximate surface area is 109 Å². The van der Waals surface area contributed by atoms with Gasteiger partial charge in [-0.25, -0.2) is 4.79 Å². The first-order chi connectivity index (χ1) is 9.20. The third kappa shape index (κ3) is 3.43. The highest BCUT2D eigenvalue weighted by Crippen LogP contribution is 2.02. The van der Waals surface area contributed by atoms with Gasteiger partial charge in [-0.1, -0.05) is 0 Å². The van der Waals surface area contributed by atoms with E-state index < -0.39 is 11.2 Å². The molecular formula is C11H15N5O3. The van der Waals surface area contributed by atoms with Crippen LogP contribution in [0.15, 0.2) is 9.59 Å². The first-order valence-electron chi connectivity index (χ1n) is 6.01. The van der Waals surface area contributed by atoms with Crippen LogP contribution < -0.4 is 16.6 Å². The summed E-state index contributed by atoms with van der Waals surface area (Å²) in [5.41, 5.74) is -1.42. The standard InChI is InChI=1S/C11H15N5O3/c12-7-8-9(14-11(18)15-10(8)17)13-1-2-16-3-5-19-6-4-16/h1-6H2,(H3,13,14,15,17,18). The number of ether oxygens (including phenoxy) is 1. The Morgan fingerprint density at radius 3 is 2.74 bits per heavy atom. The summed E-state index contributed by atoms with van der Waals surface area (Å²) in [7, 11) is 0. The van der Waals surface area contributed by atoms with Crippen molar-refractivity contribution in [2.45, 2.75) is 0 Å². The molecule has 0 saturated carbocycles. The summed E-state index contributed by atoms with van der Waals surface area (Å²) in [5.74, 6) is 0.171. The van der Waals surface area contributed by atoms with Crippen LogP contribution in [0, 0.1) is 11.3 Å². The Balaban J connectivity index is 1.97. The number of nitrogens with zero attached hydrogens (tertiary/aromatic N) is 2. The summed E-state index contributed by atoms with van der Waals surface area (Å²) < 4.78 is 5.23. The molecule has 19 heavy (non-hydrogen) atoms. The van der Waals surface area contributed by atoms with Gasteiger partial charge in [0.1, 0.15) is 11.9 Å². The zero-order valence-corrected chi connectivity index (χ0v) is 10.4. The molecule has 2 rings (SSSR count). The van der Waals surface area contributed by atoms with Gasteiger partial charge in [0.05, 0.1) is 13.2 Å². The lowest BCUT2D eigenvalue weighted by molar-refractivity contribution is 0.0398. The summed E-state index contributed by atoms with van der Waals surface area (Å²) in [6.45, 7) is 4.44. The summed E-state index contributed by atoms with van der Waals surface area (Å²) in [5, 5.41) is 11.8. The lowest BCUT2D eigenvalue weighted by Gasteiger charge is -2.26. The van der Waals surface area contributed by atoms with E-state index in [1.807, 2.05) is 4.98 Å². The molecule has 1 aliphatic heterocycles. The first kappa shape index (κ1) is 13.3. The molecule has 1 saturated heterocycles. The topological polar surface area (TPSA) is 114 Å². The second-order valence-corrected chi connectivity index (χ2v) is 4.15. The van der Waals surface area contributed by atoms with Crippen molar-refractivity contribution in [1.29, 1.82) is 5.26 Å². The largest absolute Gasteiger partial charge is 0.379 e. The summed E-state index contributed by atoms with van der Waals surface area (Å²) >= 11 is 0. The maximum atomic E-state index is 11.4. The predicted molar refractivity (Wildman–Crippen MR) is 68.1 cm³/mol. The van der Waals surface area contributed by atoms with Crippen LogP contribution in [0.3, 0.4) is 0 Å². The van der Waals surface area contributed by atoms with Crippen LogP contribution in [-0.2, 0) is 4.74 Å². The molecule has 0 radical (unpaired) electrons. The van der Waals surface area contributed by atoms with Crippen LogP contribution >= 0.6 is 0 Å². The van der Waals surface area contributed by atoms with Crippen molar-refractivity contribution in [3.05, 3.63) is 26.4 Å². The molecule has 1 aromatic heterocycles. The second kappa shape index (κ2) is 6.17. The molecule has 102 valence electrons. The third-order valence-corrected chi connectivity index (χ3v) is 2.89. The van der Waals surface area contributed by atoms with Crippen molar-refractivity contribution in [2.24, 2.45) is 0 Å². The van der Waals surface area contributed by atoms with Gasteiger partial charge in [0.25, 0.3) is 5.56 Å². The molecule has 1 aliphatic rings. The Kier molecular flexibility index (Phi) is 4.33.